The molecular weight excluding hydrogens is 274 g/mol. The monoisotopic (exact) mass is 295 g/mol. The summed E-state index contributed by atoms with van der Waals surface area (Å²) < 4.78 is 0. The predicted octanol–water partition coefficient (Wildman–Crippen LogP) is 2.37. The number of hydrogen-bond acceptors (Lipinski definition) is 3. The van der Waals surface area contributed by atoms with Gasteiger partial charge in [-0.15, -0.1) is 0 Å². The summed E-state index contributed by atoms with van der Waals surface area (Å²) in [5, 5.41) is 4.31. The topological polar surface area (TPSA) is 45.2 Å². The molecule has 2 aromatic rings. The Kier molecular flexibility index (Phi) is 3.34. The molecule has 0 aliphatic carbocycles. The molecule has 1 unspecified atom stereocenters. The number of aromatic nitrogens is 1. The maximum atomic E-state index is 12.6. The second kappa shape index (κ2) is 5.36. The summed E-state index contributed by atoms with van der Waals surface area (Å²) in [5.74, 6) is 0.679. The molecule has 3 aliphatic heterocycles. The zero-order chi connectivity index (χ0) is 15.1. The molecule has 0 radical (unpaired) electrons. The molecular formula is C18H21N3O. The molecule has 1 N–H and O–H groups in total. The third-order valence-corrected chi connectivity index (χ3v) is 5.07. The van der Waals surface area contributed by atoms with Crippen LogP contribution in [0.4, 0.5) is 0 Å². The van der Waals surface area contributed by atoms with Crippen molar-refractivity contribution >= 4 is 16.8 Å². The van der Waals surface area contributed by atoms with Gasteiger partial charge in [-0.2, -0.15) is 0 Å². The molecule has 1 atom stereocenters. The minimum Gasteiger partial charge on any atom is -0.348 e. The van der Waals surface area contributed by atoms with E-state index in [4.69, 9.17) is 0 Å². The number of hydrogen-bond donors (Lipinski definition) is 1. The van der Waals surface area contributed by atoms with E-state index >= 15 is 0 Å². The number of nitrogens with zero attached hydrogens (tertiary/aromatic N) is 2. The number of carbonyl (C=O) groups is 1. The first kappa shape index (κ1) is 13.7. The van der Waals surface area contributed by atoms with Crippen LogP contribution in [-0.2, 0) is 0 Å². The Balaban J connectivity index is 1.55. The van der Waals surface area contributed by atoms with Crippen LogP contribution in [0.5, 0.6) is 0 Å². The lowest BCUT2D eigenvalue weighted by molar-refractivity contribution is 0.0620. The van der Waals surface area contributed by atoms with Crippen molar-refractivity contribution in [2.24, 2.45) is 5.92 Å². The maximum Gasteiger partial charge on any atom is 0.251 e. The van der Waals surface area contributed by atoms with E-state index in [9.17, 15) is 4.79 Å². The molecule has 4 heteroatoms. The van der Waals surface area contributed by atoms with Gasteiger partial charge in [0.1, 0.15) is 0 Å². The van der Waals surface area contributed by atoms with Crippen molar-refractivity contribution in [3.63, 3.8) is 0 Å². The number of nitrogens with one attached hydrogen (secondary N) is 1. The summed E-state index contributed by atoms with van der Waals surface area (Å²) in [7, 11) is 0. The Bertz CT molecular complexity index is 719. The van der Waals surface area contributed by atoms with Crippen molar-refractivity contribution in [2.45, 2.75) is 25.8 Å². The highest BCUT2D eigenvalue weighted by molar-refractivity contribution is 5.98. The van der Waals surface area contributed by atoms with E-state index in [2.05, 4.69) is 15.2 Å². The van der Waals surface area contributed by atoms with E-state index in [1.165, 1.54) is 25.9 Å². The minimum absolute atomic E-state index is 0.0314. The quantitative estimate of drug-likeness (QED) is 0.925. The van der Waals surface area contributed by atoms with Crippen LogP contribution in [0.25, 0.3) is 10.9 Å². The highest BCUT2D eigenvalue weighted by atomic mass is 16.1. The fraction of sp³-hybridized carbons (Fsp3) is 0.444. The van der Waals surface area contributed by atoms with Gasteiger partial charge < -0.3 is 10.2 Å². The lowest BCUT2D eigenvalue weighted by atomic mass is 9.84. The number of aryl methyl sites for hydroxylation is 1. The Labute approximate surface area is 130 Å². The Hall–Kier alpha value is -1.94. The van der Waals surface area contributed by atoms with E-state index < -0.39 is 0 Å². The largest absolute Gasteiger partial charge is 0.348 e. The number of pyridine rings is 1. The average Bonchev–Trinajstić information content (AvgIpc) is 2.55. The smallest absolute Gasteiger partial charge is 0.251 e. The fourth-order valence-corrected chi connectivity index (χ4v) is 3.74. The van der Waals surface area contributed by atoms with Crippen LogP contribution >= 0.6 is 0 Å². The van der Waals surface area contributed by atoms with E-state index in [1.54, 1.807) is 0 Å². The first-order valence-corrected chi connectivity index (χ1v) is 8.10. The van der Waals surface area contributed by atoms with Gasteiger partial charge in [-0.05, 0) is 57.0 Å². The minimum atomic E-state index is 0.0314. The van der Waals surface area contributed by atoms with Gasteiger partial charge in [0.25, 0.3) is 5.91 Å². The molecule has 114 valence electrons. The maximum absolute atomic E-state index is 12.6. The third-order valence-electron chi connectivity index (χ3n) is 5.07. The zero-order valence-electron chi connectivity index (χ0n) is 12.9. The van der Waals surface area contributed by atoms with Crippen LogP contribution in [0.2, 0.25) is 0 Å². The molecule has 2 bridgehead atoms. The van der Waals surface area contributed by atoms with Crippen molar-refractivity contribution in [1.29, 1.82) is 0 Å². The number of rotatable bonds is 2. The second-order valence-electron chi connectivity index (χ2n) is 6.58. The van der Waals surface area contributed by atoms with Crippen molar-refractivity contribution in [3.8, 4) is 0 Å². The summed E-state index contributed by atoms with van der Waals surface area (Å²) in [6.45, 7) is 5.35. The van der Waals surface area contributed by atoms with Gasteiger partial charge in [-0.1, -0.05) is 12.1 Å². The first-order chi connectivity index (χ1) is 10.7. The first-order valence-electron chi connectivity index (χ1n) is 8.10. The number of benzene rings is 1. The molecule has 5 rings (SSSR count). The van der Waals surface area contributed by atoms with Crippen LogP contribution in [0, 0.1) is 12.8 Å². The molecule has 1 aromatic heterocycles. The Morgan fingerprint density at radius 3 is 2.73 bits per heavy atom. The average molecular weight is 295 g/mol. The summed E-state index contributed by atoms with van der Waals surface area (Å²) in [5.41, 5.74) is 2.58. The summed E-state index contributed by atoms with van der Waals surface area (Å²) in [4.78, 5) is 19.5. The Morgan fingerprint density at radius 1 is 1.23 bits per heavy atom. The van der Waals surface area contributed by atoms with E-state index in [0.29, 0.717) is 17.5 Å². The van der Waals surface area contributed by atoms with Gasteiger partial charge in [-0.25, -0.2) is 0 Å². The van der Waals surface area contributed by atoms with Crippen LogP contribution in [0.1, 0.15) is 28.9 Å². The molecule has 3 aliphatic rings. The van der Waals surface area contributed by atoms with Gasteiger partial charge in [0.2, 0.25) is 0 Å². The highest BCUT2D eigenvalue weighted by Crippen LogP contribution is 2.27. The van der Waals surface area contributed by atoms with Crippen LogP contribution < -0.4 is 5.32 Å². The van der Waals surface area contributed by atoms with Gasteiger partial charge >= 0.3 is 0 Å². The SMILES string of the molecule is Cc1ccc2ccc(C(=O)NC3CN4CCC3CC4)cc2n1. The molecule has 3 fully saturated rings. The van der Waals surface area contributed by atoms with Gasteiger partial charge in [0.15, 0.2) is 0 Å². The van der Waals surface area contributed by atoms with Crippen molar-refractivity contribution < 1.29 is 4.79 Å². The normalized spacial score (nSPS) is 27.0. The summed E-state index contributed by atoms with van der Waals surface area (Å²) in [6.07, 6.45) is 2.42. The molecule has 4 heterocycles. The van der Waals surface area contributed by atoms with Crippen molar-refractivity contribution in [3.05, 3.63) is 41.6 Å². The molecule has 1 amide bonds. The molecule has 0 saturated carbocycles. The third kappa shape index (κ3) is 2.48. The number of fused-ring (bicyclic) bond motifs is 4. The molecule has 4 nitrogen and oxygen atoms in total. The lowest BCUT2D eigenvalue weighted by Crippen LogP contribution is -2.57. The Morgan fingerprint density at radius 2 is 2.00 bits per heavy atom. The number of carbonyl (C=O) groups excluding carboxylic acids is 1. The van der Waals surface area contributed by atoms with Crippen molar-refractivity contribution in [2.75, 3.05) is 19.6 Å². The van der Waals surface area contributed by atoms with Crippen LogP contribution in [0.15, 0.2) is 30.3 Å². The van der Waals surface area contributed by atoms with Crippen LogP contribution in [0.3, 0.4) is 0 Å². The standard InChI is InChI=1S/C18H21N3O/c1-12-2-3-13-4-5-15(10-16(13)19-12)18(22)20-17-11-21-8-6-14(17)7-9-21/h2-5,10,14,17H,6-9,11H2,1H3,(H,20,22). The van der Waals surface area contributed by atoms with E-state index in [-0.39, 0.29) is 5.91 Å². The van der Waals surface area contributed by atoms with Gasteiger partial charge in [0.05, 0.1) is 5.52 Å². The zero-order valence-corrected chi connectivity index (χ0v) is 12.9. The summed E-state index contributed by atoms with van der Waals surface area (Å²) in [6, 6.07) is 10.1. The molecule has 1 aromatic carbocycles. The number of piperidine rings is 3. The fourth-order valence-electron chi connectivity index (χ4n) is 3.74. The van der Waals surface area contributed by atoms with Gasteiger partial charge in [0, 0.05) is 29.2 Å². The van der Waals surface area contributed by atoms with Crippen molar-refractivity contribution in [1.82, 2.24) is 15.2 Å². The predicted molar refractivity (Wildman–Crippen MR) is 86.9 cm³/mol. The lowest BCUT2D eigenvalue weighted by Gasteiger charge is -2.44. The number of amides is 1. The van der Waals surface area contributed by atoms with E-state index in [1.807, 2.05) is 37.3 Å². The van der Waals surface area contributed by atoms with Crippen LogP contribution in [-0.4, -0.2) is 41.5 Å². The molecule has 22 heavy (non-hydrogen) atoms. The second-order valence-corrected chi connectivity index (χ2v) is 6.58. The summed E-state index contributed by atoms with van der Waals surface area (Å²) >= 11 is 0. The highest BCUT2D eigenvalue weighted by Gasteiger charge is 2.34. The van der Waals surface area contributed by atoms with E-state index in [0.717, 1.165) is 23.1 Å². The van der Waals surface area contributed by atoms with Gasteiger partial charge in [-0.3, -0.25) is 9.78 Å². The molecule has 3 saturated heterocycles. The molecule has 0 spiro atoms.